The number of halogens is 1. The quantitative estimate of drug-likeness (QED) is 0.768. The number of rotatable bonds is 8. The molecule has 0 radical (unpaired) electrons. The fourth-order valence-corrected chi connectivity index (χ4v) is 2.19. The van der Waals surface area contributed by atoms with E-state index < -0.39 is 0 Å². The molecule has 1 atom stereocenters. The maximum Gasteiger partial charge on any atom is 0.164 e. The molecule has 4 nitrogen and oxygen atoms in total. The van der Waals surface area contributed by atoms with Crippen molar-refractivity contribution in [3.63, 3.8) is 0 Å². The lowest BCUT2D eigenvalue weighted by atomic mass is 9.87. The largest absolute Gasteiger partial charge is 0.490 e. The molecule has 0 aliphatic carbocycles. The third kappa shape index (κ3) is 3.84. The summed E-state index contributed by atoms with van der Waals surface area (Å²) in [5.74, 6) is 0.651. The van der Waals surface area contributed by atoms with Gasteiger partial charge in [-0.2, -0.15) is 0 Å². The summed E-state index contributed by atoms with van der Waals surface area (Å²) in [6.07, 6.45) is 0. The molecule has 0 heterocycles. The lowest BCUT2D eigenvalue weighted by Gasteiger charge is -2.23. The van der Waals surface area contributed by atoms with Crippen LogP contribution in [0.15, 0.2) is 12.1 Å². The molecule has 0 amide bonds. The van der Waals surface area contributed by atoms with E-state index in [1.165, 1.54) is 6.07 Å². The third-order valence-corrected chi connectivity index (χ3v) is 3.47. The molecule has 0 aliphatic heterocycles. The second-order valence-corrected chi connectivity index (χ2v) is 4.71. The van der Waals surface area contributed by atoms with Crippen LogP contribution < -0.4 is 20.9 Å². The van der Waals surface area contributed by atoms with Gasteiger partial charge >= 0.3 is 0 Å². The first-order valence-corrected chi connectivity index (χ1v) is 7.08. The van der Waals surface area contributed by atoms with E-state index >= 15 is 0 Å². The molecular weight excluding hydrogens is 259 g/mol. The highest BCUT2D eigenvalue weighted by Gasteiger charge is 2.22. The second-order valence-electron chi connectivity index (χ2n) is 4.71. The zero-order valence-corrected chi connectivity index (χ0v) is 12.5. The number of nitrogens with two attached hydrogens (primary N) is 2. The Labute approximate surface area is 120 Å². The third-order valence-electron chi connectivity index (χ3n) is 3.47. The maximum absolute atomic E-state index is 14.3. The predicted molar refractivity (Wildman–Crippen MR) is 78.8 cm³/mol. The molecule has 5 heteroatoms. The lowest BCUT2D eigenvalue weighted by molar-refractivity contribution is 0.285. The van der Waals surface area contributed by atoms with Crippen molar-refractivity contribution in [3.05, 3.63) is 23.5 Å². The lowest BCUT2D eigenvalue weighted by Crippen LogP contribution is -2.28. The highest BCUT2D eigenvalue weighted by atomic mass is 19.1. The first-order valence-electron chi connectivity index (χ1n) is 7.08. The molecule has 0 spiro atoms. The smallest absolute Gasteiger partial charge is 0.164 e. The van der Waals surface area contributed by atoms with Crippen LogP contribution in [-0.4, -0.2) is 26.3 Å². The van der Waals surface area contributed by atoms with E-state index in [2.05, 4.69) is 0 Å². The van der Waals surface area contributed by atoms with Gasteiger partial charge in [0.15, 0.2) is 11.5 Å². The highest BCUT2D eigenvalue weighted by Crippen LogP contribution is 2.35. The standard InChI is InChI=1S/C15H25FN2O2/c1-4-19-14-6-12(10(3)11(8-17)9-18)13(16)7-15(14)20-5-2/h6-7,10-11H,4-5,8-9,17-18H2,1-3H3. The van der Waals surface area contributed by atoms with Gasteiger partial charge < -0.3 is 20.9 Å². The van der Waals surface area contributed by atoms with Crippen molar-refractivity contribution in [2.75, 3.05) is 26.3 Å². The minimum Gasteiger partial charge on any atom is -0.490 e. The van der Waals surface area contributed by atoms with Gasteiger partial charge in [-0.15, -0.1) is 0 Å². The molecule has 1 unspecified atom stereocenters. The molecule has 20 heavy (non-hydrogen) atoms. The molecule has 0 saturated carbocycles. The molecule has 0 fully saturated rings. The van der Waals surface area contributed by atoms with Gasteiger partial charge in [-0.25, -0.2) is 4.39 Å². The highest BCUT2D eigenvalue weighted by molar-refractivity contribution is 5.45. The van der Waals surface area contributed by atoms with Crippen LogP contribution in [0.3, 0.4) is 0 Å². The van der Waals surface area contributed by atoms with Gasteiger partial charge in [0.25, 0.3) is 0 Å². The SMILES string of the molecule is CCOc1cc(F)c(C(C)C(CN)CN)cc1OCC. The molecule has 0 aliphatic rings. The van der Waals surface area contributed by atoms with Crippen molar-refractivity contribution in [2.45, 2.75) is 26.7 Å². The Morgan fingerprint density at radius 1 is 1.05 bits per heavy atom. The van der Waals surface area contributed by atoms with Crippen LogP contribution in [-0.2, 0) is 0 Å². The van der Waals surface area contributed by atoms with E-state index in [9.17, 15) is 4.39 Å². The molecule has 1 rings (SSSR count). The van der Waals surface area contributed by atoms with Crippen molar-refractivity contribution < 1.29 is 13.9 Å². The van der Waals surface area contributed by atoms with Crippen LogP contribution in [0.5, 0.6) is 11.5 Å². The summed E-state index contributed by atoms with van der Waals surface area (Å²) in [7, 11) is 0. The van der Waals surface area contributed by atoms with Crippen LogP contribution in [0, 0.1) is 11.7 Å². The summed E-state index contributed by atoms with van der Waals surface area (Å²) in [5, 5.41) is 0. The molecule has 1 aromatic rings. The molecule has 0 bridgehead atoms. The first kappa shape index (κ1) is 16.7. The summed E-state index contributed by atoms with van der Waals surface area (Å²) < 4.78 is 25.2. The van der Waals surface area contributed by atoms with Crippen molar-refractivity contribution >= 4 is 0 Å². The number of hydrogen-bond acceptors (Lipinski definition) is 4. The van der Waals surface area contributed by atoms with E-state index in [1.54, 1.807) is 6.07 Å². The van der Waals surface area contributed by atoms with Crippen molar-refractivity contribution in [3.8, 4) is 11.5 Å². The van der Waals surface area contributed by atoms with E-state index in [1.807, 2.05) is 20.8 Å². The molecule has 0 saturated heterocycles. The van der Waals surface area contributed by atoms with Crippen molar-refractivity contribution in [2.24, 2.45) is 17.4 Å². The Hall–Kier alpha value is -1.33. The van der Waals surface area contributed by atoms with Crippen LogP contribution in [0.4, 0.5) is 4.39 Å². The zero-order chi connectivity index (χ0) is 15.1. The molecule has 0 aromatic heterocycles. The number of ether oxygens (including phenoxy) is 2. The van der Waals surface area contributed by atoms with E-state index in [4.69, 9.17) is 20.9 Å². The van der Waals surface area contributed by atoms with E-state index in [0.717, 1.165) is 0 Å². The van der Waals surface area contributed by atoms with Gasteiger partial charge in [0, 0.05) is 6.07 Å². The molecule has 114 valence electrons. The van der Waals surface area contributed by atoms with Gasteiger partial charge in [0.1, 0.15) is 5.82 Å². The predicted octanol–water partition coefficient (Wildman–Crippen LogP) is 2.26. The van der Waals surface area contributed by atoms with E-state index in [-0.39, 0.29) is 17.7 Å². The second kappa shape index (κ2) is 8.07. The summed E-state index contributed by atoms with van der Waals surface area (Å²) in [6.45, 7) is 7.47. The van der Waals surface area contributed by atoms with Crippen LogP contribution in [0.25, 0.3) is 0 Å². The monoisotopic (exact) mass is 284 g/mol. The molecule has 4 N–H and O–H groups in total. The van der Waals surface area contributed by atoms with Crippen LogP contribution >= 0.6 is 0 Å². The minimum atomic E-state index is -0.309. The topological polar surface area (TPSA) is 70.5 Å². The maximum atomic E-state index is 14.3. The molecular formula is C15H25FN2O2. The van der Waals surface area contributed by atoms with E-state index in [0.29, 0.717) is 43.4 Å². The fraction of sp³-hybridized carbons (Fsp3) is 0.600. The summed E-state index contributed by atoms with van der Waals surface area (Å²) in [4.78, 5) is 0. The Bertz CT molecular complexity index is 423. The average molecular weight is 284 g/mol. The van der Waals surface area contributed by atoms with Gasteiger partial charge in [-0.3, -0.25) is 0 Å². The Balaban J connectivity index is 3.16. The van der Waals surface area contributed by atoms with Crippen LogP contribution in [0.2, 0.25) is 0 Å². The summed E-state index contributed by atoms with van der Waals surface area (Å²) in [6, 6.07) is 3.08. The summed E-state index contributed by atoms with van der Waals surface area (Å²) in [5.41, 5.74) is 11.9. The Morgan fingerprint density at radius 2 is 1.55 bits per heavy atom. The Morgan fingerprint density at radius 3 is 2.00 bits per heavy atom. The van der Waals surface area contributed by atoms with Crippen molar-refractivity contribution in [1.29, 1.82) is 0 Å². The molecule has 1 aromatic carbocycles. The van der Waals surface area contributed by atoms with Gasteiger partial charge in [0.2, 0.25) is 0 Å². The van der Waals surface area contributed by atoms with Gasteiger partial charge in [-0.1, -0.05) is 6.92 Å². The minimum absolute atomic E-state index is 0.0388. The van der Waals surface area contributed by atoms with Crippen molar-refractivity contribution in [1.82, 2.24) is 0 Å². The number of hydrogen-bond donors (Lipinski definition) is 2. The average Bonchev–Trinajstić information content (AvgIpc) is 2.43. The normalized spacial score (nSPS) is 12.6. The van der Waals surface area contributed by atoms with Gasteiger partial charge in [-0.05, 0) is 50.4 Å². The summed E-state index contributed by atoms with van der Waals surface area (Å²) >= 11 is 0. The van der Waals surface area contributed by atoms with Crippen LogP contribution in [0.1, 0.15) is 32.3 Å². The first-order chi connectivity index (χ1) is 9.58. The zero-order valence-electron chi connectivity index (χ0n) is 12.5. The Kier molecular flexibility index (Phi) is 6.75. The number of benzene rings is 1. The fourth-order valence-electron chi connectivity index (χ4n) is 2.19. The van der Waals surface area contributed by atoms with Gasteiger partial charge in [0.05, 0.1) is 13.2 Å².